The number of nitrogens with zero attached hydrogens (tertiary/aromatic N) is 1. The maximum atomic E-state index is 5.34. The van der Waals surface area contributed by atoms with Gasteiger partial charge in [0.25, 0.3) is 0 Å². The zero-order chi connectivity index (χ0) is 14.8. The van der Waals surface area contributed by atoms with Crippen molar-refractivity contribution < 1.29 is 9.47 Å². The second-order valence-electron chi connectivity index (χ2n) is 5.02. The fraction of sp³-hybridized carbons (Fsp3) is 0.235. The third-order valence-electron chi connectivity index (χ3n) is 3.58. The van der Waals surface area contributed by atoms with Crippen LogP contribution in [-0.4, -0.2) is 24.2 Å². The fourth-order valence-corrected chi connectivity index (χ4v) is 2.49. The third-order valence-corrected chi connectivity index (χ3v) is 3.58. The highest BCUT2D eigenvalue weighted by molar-refractivity contribution is 5.78. The van der Waals surface area contributed by atoms with Crippen molar-refractivity contribution in [2.75, 3.05) is 14.2 Å². The Bertz CT molecular complexity index is 778. The van der Waals surface area contributed by atoms with Crippen molar-refractivity contribution in [1.82, 2.24) is 9.97 Å². The number of methoxy groups -OCH3 is 2. The van der Waals surface area contributed by atoms with Gasteiger partial charge in [-0.25, -0.2) is 4.98 Å². The Morgan fingerprint density at radius 1 is 1.05 bits per heavy atom. The first-order valence-electron chi connectivity index (χ1n) is 6.86. The van der Waals surface area contributed by atoms with Gasteiger partial charge in [0, 0.05) is 6.42 Å². The molecule has 0 unspecified atom stereocenters. The van der Waals surface area contributed by atoms with Gasteiger partial charge in [-0.3, -0.25) is 0 Å². The number of fused-ring (bicyclic) bond motifs is 1. The molecule has 0 bridgehead atoms. The molecule has 0 spiro atoms. The number of hydrogen-bond donors (Lipinski definition) is 1. The number of rotatable bonds is 4. The summed E-state index contributed by atoms with van der Waals surface area (Å²) in [6, 6.07) is 12.1. The third kappa shape index (κ3) is 2.57. The summed E-state index contributed by atoms with van der Waals surface area (Å²) >= 11 is 0. The molecular formula is C17H18N2O2. The van der Waals surface area contributed by atoms with Gasteiger partial charge in [-0.1, -0.05) is 18.2 Å². The standard InChI is InChI=1S/C17H18N2O2/c1-11-5-4-6-13-17(11)19-16(18-13)10-12-7-8-14(20-2)15(9-12)21-3/h4-9H,10H2,1-3H3,(H,18,19). The van der Waals surface area contributed by atoms with Crippen molar-refractivity contribution in [1.29, 1.82) is 0 Å². The van der Waals surface area contributed by atoms with Crippen molar-refractivity contribution in [3.8, 4) is 11.5 Å². The van der Waals surface area contributed by atoms with Gasteiger partial charge in [0.1, 0.15) is 5.82 Å². The SMILES string of the molecule is COc1ccc(Cc2nc3c(C)cccc3[nH]2)cc1OC. The summed E-state index contributed by atoms with van der Waals surface area (Å²) in [6.07, 6.45) is 0.731. The van der Waals surface area contributed by atoms with E-state index in [1.807, 2.05) is 30.3 Å². The molecule has 21 heavy (non-hydrogen) atoms. The van der Waals surface area contributed by atoms with Crippen LogP contribution in [-0.2, 0) is 6.42 Å². The van der Waals surface area contributed by atoms with Crippen LogP contribution in [0.4, 0.5) is 0 Å². The van der Waals surface area contributed by atoms with Gasteiger partial charge < -0.3 is 14.5 Å². The minimum absolute atomic E-state index is 0.731. The number of aromatic nitrogens is 2. The first-order valence-corrected chi connectivity index (χ1v) is 6.86. The molecule has 0 radical (unpaired) electrons. The highest BCUT2D eigenvalue weighted by atomic mass is 16.5. The smallest absolute Gasteiger partial charge is 0.161 e. The predicted octanol–water partition coefficient (Wildman–Crippen LogP) is 3.48. The van der Waals surface area contributed by atoms with Gasteiger partial charge in [0.2, 0.25) is 0 Å². The lowest BCUT2D eigenvalue weighted by Gasteiger charge is -2.08. The van der Waals surface area contributed by atoms with Gasteiger partial charge in [-0.05, 0) is 36.2 Å². The average Bonchev–Trinajstić information content (AvgIpc) is 2.91. The first-order chi connectivity index (χ1) is 10.2. The molecule has 108 valence electrons. The van der Waals surface area contributed by atoms with Gasteiger partial charge in [0.15, 0.2) is 11.5 Å². The van der Waals surface area contributed by atoms with E-state index in [0.29, 0.717) is 0 Å². The van der Waals surface area contributed by atoms with E-state index in [4.69, 9.17) is 9.47 Å². The van der Waals surface area contributed by atoms with Crippen molar-refractivity contribution in [3.05, 3.63) is 53.3 Å². The van der Waals surface area contributed by atoms with Crippen LogP contribution in [0.2, 0.25) is 0 Å². The number of imidazole rings is 1. The molecule has 3 aromatic rings. The molecule has 1 aromatic heterocycles. The monoisotopic (exact) mass is 282 g/mol. The lowest BCUT2D eigenvalue weighted by atomic mass is 10.1. The van der Waals surface area contributed by atoms with E-state index in [1.165, 1.54) is 5.56 Å². The van der Waals surface area contributed by atoms with E-state index in [-0.39, 0.29) is 0 Å². The topological polar surface area (TPSA) is 47.1 Å². The zero-order valence-electron chi connectivity index (χ0n) is 12.4. The number of benzene rings is 2. The van der Waals surface area contributed by atoms with E-state index >= 15 is 0 Å². The Hall–Kier alpha value is -2.49. The Labute approximate surface area is 123 Å². The van der Waals surface area contributed by atoms with Crippen LogP contribution < -0.4 is 9.47 Å². The highest BCUT2D eigenvalue weighted by Gasteiger charge is 2.08. The van der Waals surface area contributed by atoms with Crippen LogP contribution in [0.1, 0.15) is 17.0 Å². The van der Waals surface area contributed by atoms with Crippen molar-refractivity contribution >= 4 is 11.0 Å². The van der Waals surface area contributed by atoms with Gasteiger partial charge >= 0.3 is 0 Å². The van der Waals surface area contributed by atoms with Crippen LogP contribution >= 0.6 is 0 Å². The minimum atomic E-state index is 0.731. The molecule has 4 heteroatoms. The number of aromatic amines is 1. The predicted molar refractivity (Wildman–Crippen MR) is 83.2 cm³/mol. The van der Waals surface area contributed by atoms with E-state index in [2.05, 4.69) is 23.0 Å². The summed E-state index contributed by atoms with van der Waals surface area (Å²) in [6.45, 7) is 2.07. The fourth-order valence-electron chi connectivity index (χ4n) is 2.49. The number of nitrogens with one attached hydrogen (secondary N) is 1. The molecule has 0 aliphatic carbocycles. The Morgan fingerprint density at radius 2 is 1.86 bits per heavy atom. The first kappa shape index (κ1) is 13.5. The summed E-state index contributed by atoms with van der Waals surface area (Å²) in [5.74, 6) is 2.43. The van der Waals surface area contributed by atoms with Crippen molar-refractivity contribution in [3.63, 3.8) is 0 Å². The van der Waals surface area contributed by atoms with Crippen LogP contribution in [0.5, 0.6) is 11.5 Å². The molecule has 4 nitrogen and oxygen atoms in total. The molecule has 0 aliphatic heterocycles. The molecule has 0 fully saturated rings. The normalized spacial score (nSPS) is 10.8. The molecule has 2 aromatic carbocycles. The van der Waals surface area contributed by atoms with Crippen molar-refractivity contribution in [2.45, 2.75) is 13.3 Å². The van der Waals surface area contributed by atoms with Crippen LogP contribution in [0.15, 0.2) is 36.4 Å². The van der Waals surface area contributed by atoms with Crippen LogP contribution in [0.25, 0.3) is 11.0 Å². The molecule has 0 saturated carbocycles. The summed E-state index contributed by atoms with van der Waals surface area (Å²) in [7, 11) is 3.28. The lowest BCUT2D eigenvalue weighted by Crippen LogP contribution is -1.95. The second-order valence-corrected chi connectivity index (χ2v) is 5.02. The summed E-state index contributed by atoms with van der Waals surface area (Å²) in [5.41, 5.74) is 4.42. The lowest BCUT2D eigenvalue weighted by molar-refractivity contribution is 0.354. The largest absolute Gasteiger partial charge is 0.493 e. The number of para-hydroxylation sites is 1. The number of hydrogen-bond acceptors (Lipinski definition) is 3. The minimum Gasteiger partial charge on any atom is -0.493 e. The van der Waals surface area contributed by atoms with E-state index in [0.717, 1.165) is 40.3 Å². The van der Waals surface area contributed by atoms with E-state index < -0.39 is 0 Å². The quantitative estimate of drug-likeness (QED) is 0.797. The number of ether oxygens (including phenoxy) is 2. The summed E-state index contributed by atoms with van der Waals surface area (Å²) in [5, 5.41) is 0. The van der Waals surface area contributed by atoms with E-state index in [9.17, 15) is 0 Å². The highest BCUT2D eigenvalue weighted by Crippen LogP contribution is 2.28. The molecule has 1 heterocycles. The van der Waals surface area contributed by atoms with Crippen LogP contribution in [0, 0.1) is 6.92 Å². The Balaban J connectivity index is 1.93. The zero-order valence-corrected chi connectivity index (χ0v) is 12.4. The molecule has 1 N–H and O–H groups in total. The van der Waals surface area contributed by atoms with Crippen molar-refractivity contribution in [2.24, 2.45) is 0 Å². The summed E-state index contributed by atoms with van der Waals surface area (Å²) < 4.78 is 10.6. The molecule has 0 atom stereocenters. The maximum absolute atomic E-state index is 5.34. The molecule has 0 saturated heterocycles. The summed E-state index contributed by atoms with van der Waals surface area (Å²) in [4.78, 5) is 8.05. The maximum Gasteiger partial charge on any atom is 0.161 e. The average molecular weight is 282 g/mol. The molecule has 3 rings (SSSR count). The molecular weight excluding hydrogens is 264 g/mol. The molecule has 0 aliphatic rings. The number of aryl methyl sites for hydroxylation is 1. The van der Waals surface area contributed by atoms with Gasteiger partial charge in [-0.2, -0.15) is 0 Å². The Kier molecular flexibility index (Phi) is 3.52. The number of H-pyrrole nitrogens is 1. The molecule has 0 amide bonds. The van der Waals surface area contributed by atoms with Gasteiger partial charge in [0.05, 0.1) is 25.3 Å². The van der Waals surface area contributed by atoms with Crippen LogP contribution in [0.3, 0.4) is 0 Å². The second kappa shape index (κ2) is 5.48. The van der Waals surface area contributed by atoms with E-state index in [1.54, 1.807) is 14.2 Å². The Morgan fingerprint density at radius 3 is 2.57 bits per heavy atom. The van der Waals surface area contributed by atoms with Gasteiger partial charge in [-0.15, -0.1) is 0 Å².